The number of aliphatic carboxylic acids is 1. The molecule has 0 aromatic heterocycles. The van der Waals surface area contributed by atoms with Crippen molar-refractivity contribution in [3.05, 3.63) is 11.8 Å². The van der Waals surface area contributed by atoms with E-state index in [1.807, 2.05) is 0 Å². The first-order valence-electron chi connectivity index (χ1n) is 3.71. The lowest BCUT2D eigenvalue weighted by atomic mass is 10.1. The number of aliphatic hydroxyl groups excluding tert-OH is 1. The van der Waals surface area contributed by atoms with Crippen molar-refractivity contribution in [2.24, 2.45) is 0 Å². The second-order valence-corrected chi connectivity index (χ2v) is 3.75. The van der Waals surface area contributed by atoms with E-state index in [2.05, 4.69) is 8.92 Å². The van der Waals surface area contributed by atoms with Gasteiger partial charge in [0, 0.05) is 0 Å². The molecule has 0 radical (unpaired) electrons. The SMILES string of the molecule is O=C(O)C1=C[C@H](O)C(OS(=O)(=O)O)CO1. The zero-order valence-electron chi connectivity index (χ0n) is 7.23. The maximum absolute atomic E-state index is 10.4. The molecule has 0 bridgehead atoms. The molecule has 0 aromatic carbocycles. The van der Waals surface area contributed by atoms with Crippen molar-refractivity contribution in [1.82, 2.24) is 0 Å². The van der Waals surface area contributed by atoms with Gasteiger partial charge in [0.05, 0.1) is 0 Å². The number of aliphatic hydroxyl groups is 1. The van der Waals surface area contributed by atoms with Gasteiger partial charge in [-0.1, -0.05) is 0 Å². The predicted molar refractivity (Wildman–Crippen MR) is 44.1 cm³/mol. The fourth-order valence-corrected chi connectivity index (χ4v) is 1.44. The number of carbonyl (C=O) groups is 1. The van der Waals surface area contributed by atoms with Gasteiger partial charge in [0.2, 0.25) is 5.76 Å². The molecule has 0 aromatic rings. The predicted octanol–water partition coefficient (Wildman–Crippen LogP) is -1.47. The lowest BCUT2D eigenvalue weighted by Crippen LogP contribution is -2.38. The Morgan fingerprint density at radius 2 is 2.20 bits per heavy atom. The van der Waals surface area contributed by atoms with E-state index >= 15 is 0 Å². The van der Waals surface area contributed by atoms with E-state index < -0.39 is 40.9 Å². The van der Waals surface area contributed by atoms with E-state index in [4.69, 9.17) is 9.66 Å². The van der Waals surface area contributed by atoms with Gasteiger partial charge in [0.15, 0.2) is 0 Å². The molecule has 0 spiro atoms. The molecule has 3 N–H and O–H groups in total. The molecule has 0 saturated heterocycles. The number of hydrogen-bond acceptors (Lipinski definition) is 6. The molecule has 1 unspecified atom stereocenters. The van der Waals surface area contributed by atoms with Gasteiger partial charge < -0.3 is 14.9 Å². The van der Waals surface area contributed by atoms with Gasteiger partial charge in [-0.05, 0) is 6.08 Å². The van der Waals surface area contributed by atoms with Crippen LogP contribution in [0.25, 0.3) is 0 Å². The summed E-state index contributed by atoms with van der Waals surface area (Å²) in [6.45, 7) is -0.487. The molecule has 1 aliphatic rings. The smallest absolute Gasteiger partial charge is 0.397 e. The van der Waals surface area contributed by atoms with Crippen LogP contribution in [0.1, 0.15) is 0 Å². The summed E-state index contributed by atoms with van der Waals surface area (Å²) in [4.78, 5) is 10.4. The van der Waals surface area contributed by atoms with Gasteiger partial charge >= 0.3 is 16.4 Å². The molecule has 0 saturated carbocycles. The van der Waals surface area contributed by atoms with E-state index in [0.29, 0.717) is 0 Å². The number of hydrogen-bond donors (Lipinski definition) is 3. The fraction of sp³-hybridized carbons (Fsp3) is 0.500. The van der Waals surface area contributed by atoms with Crippen molar-refractivity contribution in [1.29, 1.82) is 0 Å². The third kappa shape index (κ3) is 3.47. The van der Waals surface area contributed by atoms with Gasteiger partial charge in [0.25, 0.3) is 0 Å². The number of carboxylic acid groups (broad SMARTS) is 1. The van der Waals surface area contributed by atoms with E-state index in [1.54, 1.807) is 0 Å². The molecule has 1 heterocycles. The first kappa shape index (κ1) is 11.9. The van der Waals surface area contributed by atoms with Gasteiger partial charge in [-0.2, -0.15) is 8.42 Å². The maximum atomic E-state index is 10.4. The Kier molecular flexibility index (Phi) is 3.29. The average Bonchev–Trinajstić information content (AvgIpc) is 2.05. The minimum atomic E-state index is -4.71. The molecular weight excluding hydrogens is 232 g/mol. The van der Waals surface area contributed by atoms with E-state index in [0.717, 1.165) is 6.08 Å². The Balaban J connectivity index is 2.73. The van der Waals surface area contributed by atoms with E-state index in [-0.39, 0.29) is 0 Å². The van der Waals surface area contributed by atoms with Crippen LogP contribution in [0.5, 0.6) is 0 Å². The van der Waals surface area contributed by atoms with Gasteiger partial charge in [0.1, 0.15) is 18.8 Å². The molecule has 2 atom stereocenters. The van der Waals surface area contributed by atoms with Crippen molar-refractivity contribution in [2.75, 3.05) is 6.61 Å². The summed E-state index contributed by atoms with van der Waals surface area (Å²) in [6, 6.07) is 0. The average molecular weight is 240 g/mol. The molecule has 8 nitrogen and oxygen atoms in total. The Labute approximate surface area is 84.7 Å². The Morgan fingerprint density at radius 1 is 1.60 bits per heavy atom. The third-order valence-electron chi connectivity index (χ3n) is 1.56. The zero-order chi connectivity index (χ0) is 11.6. The second kappa shape index (κ2) is 4.14. The molecule has 0 fully saturated rings. The molecule has 1 rings (SSSR count). The van der Waals surface area contributed by atoms with Crippen LogP contribution in [0.2, 0.25) is 0 Å². The molecule has 0 aliphatic carbocycles. The first-order chi connectivity index (χ1) is 6.79. The van der Waals surface area contributed by atoms with E-state index in [1.165, 1.54) is 0 Å². The largest absolute Gasteiger partial charge is 0.484 e. The highest BCUT2D eigenvalue weighted by molar-refractivity contribution is 7.80. The standard InChI is InChI=1S/C6H8O8S/c7-3-1-4(6(8)9)13-2-5(3)14-15(10,11)12/h1,3,5,7H,2H2,(H,8,9)(H,10,11,12)/t3-,5?/m0/s1. The van der Waals surface area contributed by atoms with Crippen LogP contribution in [0, 0.1) is 0 Å². The van der Waals surface area contributed by atoms with Crippen LogP contribution in [0.4, 0.5) is 0 Å². The van der Waals surface area contributed by atoms with Crippen LogP contribution in [-0.2, 0) is 24.1 Å². The van der Waals surface area contributed by atoms with Crippen LogP contribution in [0.15, 0.2) is 11.8 Å². The summed E-state index contributed by atoms with van der Waals surface area (Å²) >= 11 is 0. The molecule has 1 aliphatic heterocycles. The summed E-state index contributed by atoms with van der Waals surface area (Å²) in [5.41, 5.74) is 0. The highest BCUT2D eigenvalue weighted by atomic mass is 32.3. The summed E-state index contributed by atoms with van der Waals surface area (Å²) in [5.74, 6) is -1.89. The van der Waals surface area contributed by atoms with Crippen LogP contribution in [0.3, 0.4) is 0 Å². The molecule has 86 valence electrons. The number of rotatable bonds is 3. The maximum Gasteiger partial charge on any atom is 0.397 e. The number of carboxylic acids is 1. The van der Waals surface area contributed by atoms with Crippen LogP contribution < -0.4 is 0 Å². The van der Waals surface area contributed by atoms with Crippen molar-refractivity contribution >= 4 is 16.4 Å². The van der Waals surface area contributed by atoms with Gasteiger partial charge in [-0.3, -0.25) is 4.55 Å². The van der Waals surface area contributed by atoms with Crippen LogP contribution in [-0.4, -0.2) is 48.0 Å². The monoisotopic (exact) mass is 240 g/mol. The highest BCUT2D eigenvalue weighted by Gasteiger charge is 2.31. The lowest BCUT2D eigenvalue weighted by molar-refractivity contribution is -0.138. The molecular formula is C6H8O8S. The Hall–Kier alpha value is -1.16. The van der Waals surface area contributed by atoms with Crippen LogP contribution >= 0.6 is 0 Å². The summed E-state index contributed by atoms with van der Waals surface area (Å²) < 4.78 is 37.5. The molecule has 0 amide bonds. The normalized spacial score (nSPS) is 26.7. The Bertz CT molecular complexity index is 382. The minimum Gasteiger partial charge on any atom is -0.484 e. The van der Waals surface area contributed by atoms with Gasteiger partial charge in [-0.25, -0.2) is 8.98 Å². The molecule has 9 heteroatoms. The Morgan fingerprint density at radius 3 is 2.60 bits per heavy atom. The summed E-state index contributed by atoms with van der Waals surface area (Å²) in [7, 11) is -4.71. The van der Waals surface area contributed by atoms with Gasteiger partial charge in [-0.15, -0.1) is 0 Å². The minimum absolute atomic E-state index is 0.487. The van der Waals surface area contributed by atoms with Crippen molar-refractivity contribution < 1.29 is 36.9 Å². The lowest BCUT2D eigenvalue weighted by Gasteiger charge is -2.24. The third-order valence-corrected chi connectivity index (χ3v) is 2.05. The first-order valence-corrected chi connectivity index (χ1v) is 5.08. The fourth-order valence-electron chi connectivity index (χ4n) is 0.955. The quantitative estimate of drug-likeness (QED) is 0.510. The second-order valence-electron chi connectivity index (χ2n) is 2.70. The molecule has 15 heavy (non-hydrogen) atoms. The van der Waals surface area contributed by atoms with Crippen molar-refractivity contribution in [3.63, 3.8) is 0 Å². The zero-order valence-corrected chi connectivity index (χ0v) is 8.05. The van der Waals surface area contributed by atoms with E-state index in [9.17, 15) is 18.3 Å². The topological polar surface area (TPSA) is 130 Å². The number of ether oxygens (including phenoxy) is 1. The van der Waals surface area contributed by atoms with Crippen molar-refractivity contribution in [3.8, 4) is 0 Å². The van der Waals surface area contributed by atoms with Crippen molar-refractivity contribution in [2.45, 2.75) is 12.2 Å². The summed E-state index contributed by atoms with van der Waals surface area (Å²) in [6.07, 6.45) is -2.06. The summed E-state index contributed by atoms with van der Waals surface area (Å²) in [5, 5.41) is 17.7. The highest BCUT2D eigenvalue weighted by Crippen LogP contribution is 2.15.